The quantitative estimate of drug-likeness (QED) is 0.748. The van der Waals surface area contributed by atoms with Crippen molar-refractivity contribution in [2.45, 2.75) is 71.4 Å². The minimum atomic E-state index is 0.329. The minimum absolute atomic E-state index is 0.329. The normalized spacial score (nSPS) is 38.1. The Hall–Kier alpha value is -0.370. The number of Topliss-reactive ketones (excluding diaryl/α,β-unsaturated/α-hetero) is 1. The van der Waals surface area contributed by atoms with Gasteiger partial charge in [-0.1, -0.05) is 26.7 Å². The van der Waals surface area contributed by atoms with Gasteiger partial charge in [0, 0.05) is 18.0 Å². The monoisotopic (exact) mass is 237 g/mol. The summed E-state index contributed by atoms with van der Waals surface area (Å²) in [6.45, 7) is 7.61. The Bertz CT molecular complexity index is 276. The number of carbonyl (C=O) groups is 1. The minimum Gasteiger partial charge on any atom is -0.300 e. The molecule has 2 aliphatic heterocycles. The molecule has 0 aliphatic carbocycles. The fourth-order valence-corrected chi connectivity index (χ4v) is 4.14. The van der Waals surface area contributed by atoms with Crippen molar-refractivity contribution in [2.75, 3.05) is 6.54 Å². The van der Waals surface area contributed by atoms with E-state index in [1.54, 1.807) is 6.92 Å². The van der Waals surface area contributed by atoms with Crippen molar-refractivity contribution >= 4 is 5.78 Å². The molecule has 0 N–H and O–H groups in total. The highest BCUT2D eigenvalue weighted by Crippen LogP contribution is 2.41. The average Bonchev–Trinajstić information content (AvgIpc) is 2.78. The summed E-state index contributed by atoms with van der Waals surface area (Å²) in [5, 5.41) is 0. The number of fused-ring (bicyclic) bond motifs is 1. The number of nitrogens with zero attached hydrogens (tertiary/aromatic N) is 1. The fraction of sp³-hybridized carbons (Fsp3) is 0.933. The molecular weight excluding hydrogens is 210 g/mol. The molecule has 0 bridgehead atoms. The maximum atomic E-state index is 11.8. The summed E-state index contributed by atoms with van der Waals surface area (Å²) in [5.74, 6) is 1.50. The lowest BCUT2D eigenvalue weighted by Gasteiger charge is -2.46. The Morgan fingerprint density at radius 2 is 2.12 bits per heavy atom. The van der Waals surface area contributed by atoms with Gasteiger partial charge in [-0.05, 0) is 45.1 Å². The first-order chi connectivity index (χ1) is 8.19. The number of rotatable bonds is 4. The number of ketones is 1. The highest BCUT2D eigenvalue weighted by molar-refractivity contribution is 5.79. The predicted molar refractivity (Wildman–Crippen MR) is 71.0 cm³/mol. The molecule has 0 aromatic carbocycles. The van der Waals surface area contributed by atoms with Crippen LogP contribution in [0.3, 0.4) is 0 Å². The lowest BCUT2D eigenvalue weighted by molar-refractivity contribution is -0.126. The van der Waals surface area contributed by atoms with Crippen molar-refractivity contribution in [2.24, 2.45) is 11.8 Å². The van der Waals surface area contributed by atoms with Crippen molar-refractivity contribution in [3.05, 3.63) is 0 Å². The van der Waals surface area contributed by atoms with E-state index in [0.29, 0.717) is 17.7 Å². The summed E-state index contributed by atoms with van der Waals surface area (Å²) in [6, 6.07) is 1.33. The van der Waals surface area contributed by atoms with E-state index in [-0.39, 0.29) is 0 Å². The van der Waals surface area contributed by atoms with Crippen molar-refractivity contribution in [3.8, 4) is 0 Å². The van der Waals surface area contributed by atoms with Crippen LogP contribution in [0.2, 0.25) is 0 Å². The summed E-state index contributed by atoms with van der Waals surface area (Å²) in [7, 11) is 0. The molecule has 0 aromatic rings. The average molecular weight is 237 g/mol. The molecular formula is C15H27NO. The zero-order valence-corrected chi connectivity index (χ0v) is 11.6. The van der Waals surface area contributed by atoms with E-state index < -0.39 is 0 Å². The predicted octanol–water partition coefficient (Wildman–Crippen LogP) is 3.25. The molecule has 2 saturated heterocycles. The Balaban J connectivity index is 2.17. The first-order valence-electron chi connectivity index (χ1n) is 7.45. The smallest absolute Gasteiger partial charge is 0.134 e. The van der Waals surface area contributed by atoms with Gasteiger partial charge in [0.25, 0.3) is 0 Å². The molecule has 2 rings (SSSR count). The Labute approximate surface area is 106 Å². The van der Waals surface area contributed by atoms with E-state index in [1.807, 2.05) is 0 Å². The van der Waals surface area contributed by atoms with Crippen molar-refractivity contribution < 1.29 is 4.79 Å². The largest absolute Gasteiger partial charge is 0.300 e. The number of hydrogen-bond donors (Lipinski definition) is 0. The zero-order chi connectivity index (χ0) is 12.4. The van der Waals surface area contributed by atoms with Crippen LogP contribution in [0.15, 0.2) is 0 Å². The summed E-state index contributed by atoms with van der Waals surface area (Å²) in [4.78, 5) is 14.5. The Morgan fingerprint density at radius 1 is 1.35 bits per heavy atom. The summed E-state index contributed by atoms with van der Waals surface area (Å²) < 4.78 is 0. The number of piperidine rings is 1. The van der Waals surface area contributed by atoms with Crippen LogP contribution in [0, 0.1) is 11.8 Å². The number of hydrogen-bond acceptors (Lipinski definition) is 2. The third-order valence-electron chi connectivity index (χ3n) is 4.96. The van der Waals surface area contributed by atoms with Gasteiger partial charge < -0.3 is 0 Å². The van der Waals surface area contributed by atoms with E-state index >= 15 is 0 Å². The van der Waals surface area contributed by atoms with Crippen molar-refractivity contribution in [1.82, 2.24) is 4.90 Å². The standard InChI is InChI=1S/C15H27NO/c1-4-7-14-12(5-2)10-13(11(3)17)15-8-6-9-16(14)15/h12-15H,4-10H2,1-3H3/t12-,13-,14+,15-/m0/s1. The maximum absolute atomic E-state index is 11.8. The molecule has 0 spiro atoms. The highest BCUT2D eigenvalue weighted by Gasteiger charge is 2.45. The second-order valence-electron chi connectivity index (χ2n) is 5.92. The molecule has 0 unspecified atom stereocenters. The van der Waals surface area contributed by atoms with E-state index in [1.165, 1.54) is 38.6 Å². The third-order valence-corrected chi connectivity index (χ3v) is 4.96. The lowest BCUT2D eigenvalue weighted by atomic mass is 9.75. The lowest BCUT2D eigenvalue weighted by Crippen LogP contribution is -2.53. The molecule has 2 nitrogen and oxygen atoms in total. The van der Waals surface area contributed by atoms with E-state index in [0.717, 1.165) is 18.4 Å². The highest BCUT2D eigenvalue weighted by atomic mass is 16.1. The molecule has 17 heavy (non-hydrogen) atoms. The molecule has 0 saturated carbocycles. The second-order valence-corrected chi connectivity index (χ2v) is 5.92. The first-order valence-corrected chi connectivity index (χ1v) is 7.45. The molecule has 0 amide bonds. The van der Waals surface area contributed by atoms with Gasteiger partial charge in [-0.25, -0.2) is 0 Å². The van der Waals surface area contributed by atoms with Crippen LogP contribution < -0.4 is 0 Å². The molecule has 2 heterocycles. The topological polar surface area (TPSA) is 20.3 Å². The summed E-state index contributed by atoms with van der Waals surface area (Å²) >= 11 is 0. The van der Waals surface area contributed by atoms with Gasteiger partial charge in [0.05, 0.1) is 0 Å². The van der Waals surface area contributed by atoms with Crippen LogP contribution in [0.4, 0.5) is 0 Å². The van der Waals surface area contributed by atoms with Crippen LogP contribution >= 0.6 is 0 Å². The van der Waals surface area contributed by atoms with Gasteiger partial charge in [0.2, 0.25) is 0 Å². The van der Waals surface area contributed by atoms with Gasteiger partial charge in [0.15, 0.2) is 0 Å². The van der Waals surface area contributed by atoms with E-state index in [2.05, 4.69) is 18.7 Å². The van der Waals surface area contributed by atoms with Gasteiger partial charge in [-0.2, -0.15) is 0 Å². The zero-order valence-electron chi connectivity index (χ0n) is 11.6. The molecule has 2 aliphatic rings. The van der Waals surface area contributed by atoms with E-state index in [4.69, 9.17) is 0 Å². The first kappa shape index (κ1) is 13.1. The Kier molecular flexibility index (Phi) is 4.24. The van der Waals surface area contributed by atoms with Crippen LogP contribution in [0.5, 0.6) is 0 Å². The van der Waals surface area contributed by atoms with Crippen molar-refractivity contribution in [3.63, 3.8) is 0 Å². The van der Waals surface area contributed by atoms with Gasteiger partial charge in [0.1, 0.15) is 5.78 Å². The number of carbonyl (C=O) groups excluding carboxylic acids is 1. The SMILES string of the molecule is CCC[C@@H]1[C@@H](CC)C[C@@H](C(C)=O)[C@@H]2CCCN12. The fourth-order valence-electron chi connectivity index (χ4n) is 4.14. The maximum Gasteiger partial charge on any atom is 0.134 e. The van der Waals surface area contributed by atoms with Crippen LogP contribution in [0.1, 0.15) is 59.3 Å². The second kappa shape index (κ2) is 5.51. The van der Waals surface area contributed by atoms with E-state index in [9.17, 15) is 4.79 Å². The molecule has 0 aromatic heterocycles. The third kappa shape index (κ3) is 2.42. The van der Waals surface area contributed by atoms with Crippen molar-refractivity contribution in [1.29, 1.82) is 0 Å². The van der Waals surface area contributed by atoms with Crippen LogP contribution in [-0.2, 0) is 4.79 Å². The molecule has 98 valence electrons. The molecule has 2 heteroatoms. The summed E-state index contributed by atoms with van der Waals surface area (Å²) in [6.07, 6.45) is 7.52. The summed E-state index contributed by atoms with van der Waals surface area (Å²) in [5.41, 5.74) is 0. The molecule has 4 atom stereocenters. The van der Waals surface area contributed by atoms with Gasteiger partial charge in [-0.15, -0.1) is 0 Å². The van der Waals surface area contributed by atoms with Gasteiger partial charge in [-0.3, -0.25) is 9.69 Å². The molecule has 2 fully saturated rings. The molecule has 0 radical (unpaired) electrons. The Morgan fingerprint density at radius 3 is 2.71 bits per heavy atom. The van der Waals surface area contributed by atoms with Crippen LogP contribution in [0.25, 0.3) is 0 Å². The van der Waals surface area contributed by atoms with Gasteiger partial charge >= 0.3 is 0 Å². The van der Waals surface area contributed by atoms with Crippen LogP contribution in [-0.4, -0.2) is 29.3 Å².